The first-order valence-corrected chi connectivity index (χ1v) is 11.1. The number of nitrogens with one attached hydrogen (secondary N) is 2. The lowest BCUT2D eigenvalue weighted by molar-refractivity contribution is -0.117. The monoisotopic (exact) mass is 436 g/mol. The molecule has 2 amide bonds. The van der Waals surface area contributed by atoms with Crippen LogP contribution in [-0.2, 0) is 11.3 Å². The van der Waals surface area contributed by atoms with Crippen LogP contribution in [0.25, 0.3) is 0 Å². The SMILES string of the molecule is CN1CCC(CNC(=O)c2cnc3c(c2)N(Cc2ccccc2)C(=O)CN3)(N(C)C)CC1. The Kier molecular flexibility index (Phi) is 6.43. The van der Waals surface area contributed by atoms with Gasteiger partial charge in [0.1, 0.15) is 0 Å². The second kappa shape index (κ2) is 9.26. The molecule has 4 rings (SSSR count). The molecule has 1 aromatic carbocycles. The van der Waals surface area contributed by atoms with Gasteiger partial charge in [-0.05, 0) is 58.7 Å². The standard InChI is InChI=1S/C24H32N6O2/c1-28(2)24(9-11-29(3)12-10-24)17-27-23(32)19-13-20-22(25-14-19)26-15-21(31)30(20)16-18-7-5-4-6-8-18/h4-8,13-14H,9-12,15-17H2,1-3H3,(H,25,26)(H,27,32). The van der Waals surface area contributed by atoms with Gasteiger partial charge in [0.25, 0.3) is 5.91 Å². The number of hydrogen-bond donors (Lipinski definition) is 2. The molecular formula is C24H32N6O2. The van der Waals surface area contributed by atoms with E-state index in [1.807, 2.05) is 30.3 Å². The van der Waals surface area contributed by atoms with E-state index in [0.717, 1.165) is 31.5 Å². The molecule has 0 bridgehead atoms. The maximum absolute atomic E-state index is 13.0. The molecule has 1 aromatic heterocycles. The minimum absolute atomic E-state index is 0.0430. The van der Waals surface area contributed by atoms with E-state index in [9.17, 15) is 9.59 Å². The van der Waals surface area contributed by atoms with Crippen LogP contribution in [0.4, 0.5) is 11.5 Å². The zero-order chi connectivity index (χ0) is 22.7. The summed E-state index contributed by atoms with van der Waals surface area (Å²) in [5, 5.41) is 6.18. The van der Waals surface area contributed by atoms with Gasteiger partial charge in [0.15, 0.2) is 5.82 Å². The summed E-state index contributed by atoms with van der Waals surface area (Å²) >= 11 is 0. The van der Waals surface area contributed by atoms with Crippen molar-refractivity contribution in [3.8, 4) is 0 Å². The molecule has 2 N–H and O–H groups in total. The summed E-state index contributed by atoms with van der Waals surface area (Å²) in [6.07, 6.45) is 3.58. The van der Waals surface area contributed by atoms with Crippen LogP contribution < -0.4 is 15.5 Å². The van der Waals surface area contributed by atoms with Crippen molar-refractivity contribution in [1.82, 2.24) is 20.1 Å². The lowest BCUT2D eigenvalue weighted by atomic mass is 9.86. The van der Waals surface area contributed by atoms with E-state index in [-0.39, 0.29) is 23.9 Å². The van der Waals surface area contributed by atoms with Gasteiger partial charge in [-0.2, -0.15) is 0 Å². The number of piperidine rings is 1. The maximum Gasteiger partial charge on any atom is 0.252 e. The first-order valence-electron chi connectivity index (χ1n) is 11.1. The van der Waals surface area contributed by atoms with Gasteiger partial charge in [-0.25, -0.2) is 4.98 Å². The molecule has 0 saturated carbocycles. The van der Waals surface area contributed by atoms with E-state index in [4.69, 9.17) is 0 Å². The molecule has 1 saturated heterocycles. The molecule has 2 aromatic rings. The van der Waals surface area contributed by atoms with E-state index in [0.29, 0.717) is 30.2 Å². The molecule has 0 radical (unpaired) electrons. The number of benzene rings is 1. The normalized spacial score (nSPS) is 18.2. The minimum Gasteiger partial charge on any atom is -0.359 e. The van der Waals surface area contributed by atoms with Gasteiger partial charge < -0.3 is 25.3 Å². The third kappa shape index (κ3) is 4.61. The molecular weight excluding hydrogens is 404 g/mol. The fraction of sp³-hybridized carbons (Fsp3) is 0.458. The number of amides is 2. The summed E-state index contributed by atoms with van der Waals surface area (Å²) in [7, 11) is 6.29. The Morgan fingerprint density at radius 2 is 1.94 bits per heavy atom. The molecule has 0 unspecified atom stereocenters. The number of hydrogen-bond acceptors (Lipinski definition) is 6. The van der Waals surface area contributed by atoms with Gasteiger partial charge >= 0.3 is 0 Å². The highest BCUT2D eigenvalue weighted by Crippen LogP contribution is 2.30. The predicted molar refractivity (Wildman–Crippen MR) is 126 cm³/mol. The van der Waals surface area contributed by atoms with E-state index >= 15 is 0 Å². The Bertz CT molecular complexity index is 970. The van der Waals surface area contributed by atoms with Crippen LogP contribution >= 0.6 is 0 Å². The number of anilines is 2. The van der Waals surface area contributed by atoms with Gasteiger partial charge in [-0.3, -0.25) is 9.59 Å². The minimum atomic E-state index is -0.168. The lowest BCUT2D eigenvalue weighted by Crippen LogP contribution is -2.57. The van der Waals surface area contributed by atoms with Crippen molar-refractivity contribution in [3.63, 3.8) is 0 Å². The molecule has 1 fully saturated rings. The topological polar surface area (TPSA) is 80.8 Å². The second-order valence-corrected chi connectivity index (χ2v) is 9.02. The van der Waals surface area contributed by atoms with Gasteiger partial charge in [0.2, 0.25) is 5.91 Å². The van der Waals surface area contributed by atoms with Crippen molar-refractivity contribution in [2.24, 2.45) is 0 Å². The quantitative estimate of drug-likeness (QED) is 0.719. The Hall–Kier alpha value is -2.97. The number of carbonyl (C=O) groups excluding carboxylic acids is 2. The Morgan fingerprint density at radius 1 is 1.22 bits per heavy atom. The third-order valence-corrected chi connectivity index (χ3v) is 6.76. The average molecular weight is 437 g/mol. The van der Waals surface area contributed by atoms with Crippen LogP contribution in [0.3, 0.4) is 0 Å². The number of fused-ring (bicyclic) bond motifs is 1. The molecule has 8 nitrogen and oxygen atoms in total. The fourth-order valence-electron chi connectivity index (χ4n) is 4.41. The highest BCUT2D eigenvalue weighted by molar-refractivity contribution is 6.04. The molecule has 8 heteroatoms. The molecule has 170 valence electrons. The highest BCUT2D eigenvalue weighted by atomic mass is 16.2. The van der Waals surface area contributed by atoms with Gasteiger partial charge in [-0.1, -0.05) is 30.3 Å². The number of likely N-dealkylation sites (N-methyl/N-ethyl adjacent to an activating group) is 1. The van der Waals surface area contributed by atoms with Crippen molar-refractivity contribution in [2.45, 2.75) is 24.9 Å². The zero-order valence-corrected chi connectivity index (χ0v) is 19.1. The first kappa shape index (κ1) is 22.2. The number of rotatable bonds is 6. The summed E-state index contributed by atoms with van der Waals surface area (Å²) in [5.41, 5.74) is 2.07. The van der Waals surface area contributed by atoms with Crippen LogP contribution in [0.5, 0.6) is 0 Å². The zero-order valence-electron chi connectivity index (χ0n) is 19.1. The number of pyridine rings is 1. The third-order valence-electron chi connectivity index (χ3n) is 6.76. The van der Waals surface area contributed by atoms with E-state index < -0.39 is 0 Å². The number of carbonyl (C=O) groups is 2. The van der Waals surface area contributed by atoms with Crippen molar-refractivity contribution in [2.75, 3.05) is 57.5 Å². The van der Waals surface area contributed by atoms with Crippen molar-refractivity contribution in [3.05, 3.63) is 53.7 Å². The van der Waals surface area contributed by atoms with Crippen LogP contribution in [0.15, 0.2) is 42.6 Å². The van der Waals surface area contributed by atoms with Crippen LogP contribution in [0.1, 0.15) is 28.8 Å². The van der Waals surface area contributed by atoms with Crippen LogP contribution in [0, 0.1) is 0 Å². The Labute approximate surface area is 189 Å². The van der Waals surface area contributed by atoms with E-state index in [2.05, 4.69) is 46.6 Å². The summed E-state index contributed by atoms with van der Waals surface area (Å²) in [4.78, 5) is 36.4. The van der Waals surface area contributed by atoms with Crippen LogP contribution in [0.2, 0.25) is 0 Å². The highest BCUT2D eigenvalue weighted by Gasteiger charge is 2.36. The summed E-state index contributed by atoms with van der Waals surface area (Å²) in [6, 6.07) is 11.6. The largest absolute Gasteiger partial charge is 0.359 e. The molecule has 0 spiro atoms. The Morgan fingerprint density at radius 3 is 2.62 bits per heavy atom. The number of likely N-dealkylation sites (tertiary alicyclic amines) is 1. The summed E-state index contributed by atoms with van der Waals surface area (Å²) < 4.78 is 0. The van der Waals surface area contributed by atoms with Gasteiger partial charge in [0, 0.05) is 18.3 Å². The summed E-state index contributed by atoms with van der Waals surface area (Å²) in [5.74, 6) is 0.411. The molecule has 2 aliphatic heterocycles. The van der Waals surface area contributed by atoms with Crippen molar-refractivity contribution < 1.29 is 9.59 Å². The van der Waals surface area contributed by atoms with Crippen LogP contribution in [-0.4, -0.2) is 79.5 Å². The average Bonchev–Trinajstić information content (AvgIpc) is 2.81. The molecule has 0 atom stereocenters. The first-order chi connectivity index (χ1) is 15.4. The van der Waals surface area contributed by atoms with Gasteiger partial charge in [-0.15, -0.1) is 0 Å². The predicted octanol–water partition coefficient (Wildman–Crippen LogP) is 1.80. The molecule has 0 aliphatic carbocycles. The number of nitrogens with zero attached hydrogens (tertiary/aromatic N) is 4. The smallest absolute Gasteiger partial charge is 0.252 e. The molecule has 3 heterocycles. The van der Waals surface area contributed by atoms with Crippen molar-refractivity contribution in [1.29, 1.82) is 0 Å². The van der Waals surface area contributed by atoms with Crippen molar-refractivity contribution >= 4 is 23.3 Å². The maximum atomic E-state index is 13.0. The summed E-state index contributed by atoms with van der Waals surface area (Å²) in [6.45, 7) is 3.23. The fourth-order valence-corrected chi connectivity index (χ4v) is 4.41. The lowest BCUT2D eigenvalue weighted by Gasteiger charge is -2.45. The number of aromatic nitrogens is 1. The Balaban J connectivity index is 1.51. The van der Waals surface area contributed by atoms with E-state index in [1.54, 1.807) is 17.2 Å². The molecule has 32 heavy (non-hydrogen) atoms. The molecule has 2 aliphatic rings. The second-order valence-electron chi connectivity index (χ2n) is 9.02. The van der Waals surface area contributed by atoms with E-state index in [1.165, 1.54) is 0 Å². The van der Waals surface area contributed by atoms with Gasteiger partial charge in [0.05, 0.1) is 24.3 Å².